The minimum Gasteiger partial charge on any atom is -0.0654 e. The van der Waals surface area contributed by atoms with Gasteiger partial charge < -0.3 is 0 Å². The van der Waals surface area contributed by atoms with E-state index >= 15 is 0 Å². The smallest absolute Gasteiger partial charge is 0.00574 e. The summed E-state index contributed by atoms with van der Waals surface area (Å²) in [6, 6.07) is 16.1. The Morgan fingerprint density at radius 1 is 0.828 bits per heavy atom. The molecule has 0 heterocycles. The Bertz CT molecular complexity index is 829. The molecule has 0 amide bonds. The molecule has 29 heavy (non-hydrogen) atoms. The molecule has 0 aromatic heterocycles. The second-order valence-corrected chi connectivity index (χ2v) is 9.60. The van der Waals surface area contributed by atoms with E-state index in [1.807, 2.05) is 0 Å². The van der Waals surface area contributed by atoms with Crippen LogP contribution in [0.5, 0.6) is 0 Å². The van der Waals surface area contributed by atoms with Gasteiger partial charge in [0.25, 0.3) is 0 Å². The molecule has 1 fully saturated rings. The summed E-state index contributed by atoms with van der Waals surface area (Å²) in [5.74, 6) is 0. The van der Waals surface area contributed by atoms with Gasteiger partial charge in [0.05, 0.1) is 0 Å². The van der Waals surface area contributed by atoms with Crippen LogP contribution in [0.4, 0.5) is 0 Å². The highest BCUT2D eigenvalue weighted by atomic mass is 14.4. The SMILES string of the molecule is CCCC1(CC2=Cc3c(cccc3-c3ccc(CC)cc3)C2)CCCCCCC1. The number of hydrogen-bond acceptors (Lipinski definition) is 0. The second kappa shape index (κ2) is 9.33. The normalized spacial score (nSPS) is 18.6. The van der Waals surface area contributed by atoms with Gasteiger partial charge in [-0.05, 0) is 71.8 Å². The van der Waals surface area contributed by atoms with E-state index in [-0.39, 0.29) is 0 Å². The fourth-order valence-electron chi connectivity index (χ4n) is 5.91. The summed E-state index contributed by atoms with van der Waals surface area (Å²) in [4.78, 5) is 0. The zero-order valence-corrected chi connectivity index (χ0v) is 18.6. The molecule has 1 saturated carbocycles. The first-order valence-electron chi connectivity index (χ1n) is 12.1. The van der Waals surface area contributed by atoms with Crippen molar-refractivity contribution in [2.45, 2.75) is 90.9 Å². The maximum absolute atomic E-state index is 2.56. The molecule has 2 aromatic rings. The molecule has 0 unspecified atom stereocenters. The molecule has 4 rings (SSSR count). The third-order valence-electron chi connectivity index (χ3n) is 7.43. The Hall–Kier alpha value is -1.82. The summed E-state index contributed by atoms with van der Waals surface area (Å²) in [5.41, 5.74) is 9.48. The van der Waals surface area contributed by atoms with Crippen LogP contribution in [0.15, 0.2) is 48.0 Å². The maximum atomic E-state index is 2.56. The van der Waals surface area contributed by atoms with Crippen LogP contribution < -0.4 is 0 Å². The highest BCUT2D eigenvalue weighted by Gasteiger charge is 2.31. The summed E-state index contributed by atoms with van der Waals surface area (Å²) < 4.78 is 0. The third-order valence-corrected chi connectivity index (χ3v) is 7.43. The lowest BCUT2D eigenvalue weighted by Crippen LogP contribution is -2.23. The van der Waals surface area contributed by atoms with Crippen LogP contribution in [0.1, 0.15) is 94.7 Å². The average Bonchev–Trinajstić information content (AvgIpc) is 3.13. The van der Waals surface area contributed by atoms with Crippen LogP contribution in [-0.2, 0) is 12.8 Å². The van der Waals surface area contributed by atoms with Crippen molar-refractivity contribution in [2.24, 2.45) is 5.41 Å². The predicted octanol–water partition coefficient (Wildman–Crippen LogP) is 8.78. The zero-order chi connectivity index (χ0) is 20.1. The largest absolute Gasteiger partial charge is 0.0654 e. The lowest BCUT2D eigenvalue weighted by atomic mass is 9.69. The molecule has 0 bridgehead atoms. The van der Waals surface area contributed by atoms with Gasteiger partial charge in [-0.15, -0.1) is 0 Å². The van der Waals surface area contributed by atoms with E-state index in [9.17, 15) is 0 Å². The fourth-order valence-corrected chi connectivity index (χ4v) is 5.91. The van der Waals surface area contributed by atoms with Gasteiger partial charge in [-0.2, -0.15) is 0 Å². The van der Waals surface area contributed by atoms with Crippen molar-refractivity contribution >= 4 is 6.08 Å². The fraction of sp³-hybridized carbons (Fsp3) is 0.517. The van der Waals surface area contributed by atoms with E-state index in [1.54, 1.807) is 5.57 Å². The van der Waals surface area contributed by atoms with E-state index in [4.69, 9.17) is 0 Å². The quantitative estimate of drug-likeness (QED) is 0.465. The summed E-state index contributed by atoms with van der Waals surface area (Å²) >= 11 is 0. The molecule has 0 aliphatic heterocycles. The van der Waals surface area contributed by atoms with Gasteiger partial charge in [-0.3, -0.25) is 0 Å². The van der Waals surface area contributed by atoms with Gasteiger partial charge in [0.15, 0.2) is 0 Å². The van der Waals surface area contributed by atoms with Gasteiger partial charge >= 0.3 is 0 Å². The molecule has 0 atom stereocenters. The van der Waals surface area contributed by atoms with Crippen molar-refractivity contribution in [3.05, 3.63) is 64.7 Å². The van der Waals surface area contributed by atoms with E-state index in [2.05, 4.69) is 62.4 Å². The first-order valence-corrected chi connectivity index (χ1v) is 12.1. The molecule has 0 radical (unpaired) electrons. The van der Waals surface area contributed by atoms with Gasteiger partial charge in [0.1, 0.15) is 0 Å². The maximum Gasteiger partial charge on any atom is -0.00574 e. The number of hydrogen-bond donors (Lipinski definition) is 0. The van der Waals surface area contributed by atoms with Crippen molar-refractivity contribution in [3.8, 4) is 11.1 Å². The Balaban J connectivity index is 1.59. The van der Waals surface area contributed by atoms with Crippen molar-refractivity contribution in [3.63, 3.8) is 0 Å². The van der Waals surface area contributed by atoms with Crippen LogP contribution in [0.25, 0.3) is 17.2 Å². The minimum atomic E-state index is 0.561. The first kappa shape index (κ1) is 20.5. The molecule has 154 valence electrons. The molecule has 0 N–H and O–H groups in total. The number of benzene rings is 2. The molecular formula is C29H38. The summed E-state index contributed by atoms with van der Waals surface area (Å²) in [5, 5.41) is 0. The van der Waals surface area contributed by atoms with Gasteiger partial charge in [0, 0.05) is 0 Å². The molecule has 2 aliphatic rings. The average molecular weight is 387 g/mol. The second-order valence-electron chi connectivity index (χ2n) is 9.60. The van der Waals surface area contributed by atoms with Crippen molar-refractivity contribution < 1.29 is 0 Å². The van der Waals surface area contributed by atoms with Crippen LogP contribution in [0.3, 0.4) is 0 Å². The van der Waals surface area contributed by atoms with E-state index in [0.717, 1.165) is 6.42 Å². The predicted molar refractivity (Wildman–Crippen MR) is 127 cm³/mol. The summed E-state index contributed by atoms with van der Waals surface area (Å²) in [6.45, 7) is 4.61. The van der Waals surface area contributed by atoms with Crippen molar-refractivity contribution in [2.75, 3.05) is 0 Å². The number of allylic oxidation sites excluding steroid dienone is 1. The third kappa shape index (κ3) is 4.68. The minimum absolute atomic E-state index is 0.561. The Labute approximate surface area is 178 Å². The molecule has 0 heteroatoms. The van der Waals surface area contributed by atoms with Crippen LogP contribution in [-0.4, -0.2) is 0 Å². The highest BCUT2D eigenvalue weighted by Crippen LogP contribution is 2.46. The summed E-state index contributed by atoms with van der Waals surface area (Å²) in [6.07, 6.45) is 19.0. The van der Waals surface area contributed by atoms with E-state index < -0.39 is 0 Å². The molecule has 2 aliphatic carbocycles. The zero-order valence-electron chi connectivity index (χ0n) is 18.6. The van der Waals surface area contributed by atoms with Gasteiger partial charge in [0.2, 0.25) is 0 Å². The highest BCUT2D eigenvalue weighted by molar-refractivity contribution is 5.80. The standard InChI is InChI=1S/C29H38/c1-3-17-29(18-8-6-5-7-9-19-29)22-24-20-26-11-10-12-27(28(26)21-24)25-15-13-23(4-2)14-16-25/h10-16,21H,3-9,17-20,22H2,1-2H3. The first-order chi connectivity index (χ1) is 14.2. The van der Waals surface area contributed by atoms with Crippen LogP contribution in [0, 0.1) is 5.41 Å². The van der Waals surface area contributed by atoms with Crippen LogP contribution in [0.2, 0.25) is 0 Å². The lowest BCUT2D eigenvalue weighted by Gasteiger charge is -2.36. The van der Waals surface area contributed by atoms with Crippen molar-refractivity contribution in [1.82, 2.24) is 0 Å². The molecular weight excluding hydrogens is 348 g/mol. The van der Waals surface area contributed by atoms with Crippen molar-refractivity contribution in [1.29, 1.82) is 0 Å². The molecule has 0 saturated heterocycles. The Morgan fingerprint density at radius 3 is 2.24 bits per heavy atom. The van der Waals surface area contributed by atoms with E-state index in [0.29, 0.717) is 5.41 Å². The molecule has 2 aromatic carbocycles. The number of aryl methyl sites for hydroxylation is 1. The molecule has 0 spiro atoms. The monoisotopic (exact) mass is 386 g/mol. The number of fused-ring (bicyclic) bond motifs is 1. The van der Waals surface area contributed by atoms with Crippen LogP contribution >= 0.6 is 0 Å². The Morgan fingerprint density at radius 2 is 1.55 bits per heavy atom. The topological polar surface area (TPSA) is 0 Å². The Kier molecular flexibility index (Phi) is 6.58. The van der Waals surface area contributed by atoms with Gasteiger partial charge in [-0.25, -0.2) is 0 Å². The lowest BCUT2D eigenvalue weighted by molar-refractivity contribution is 0.187. The summed E-state index contributed by atoms with van der Waals surface area (Å²) in [7, 11) is 0. The molecule has 0 nitrogen and oxygen atoms in total. The number of rotatable bonds is 6. The van der Waals surface area contributed by atoms with E-state index in [1.165, 1.54) is 98.4 Å². The van der Waals surface area contributed by atoms with Gasteiger partial charge in [-0.1, -0.05) is 106 Å².